The third kappa shape index (κ3) is 7.95. The highest BCUT2D eigenvalue weighted by Gasteiger charge is 2.42. The van der Waals surface area contributed by atoms with E-state index in [1.54, 1.807) is 51.1 Å². The predicted molar refractivity (Wildman–Crippen MR) is 152 cm³/mol. The average Bonchev–Trinajstić information content (AvgIpc) is 3.31. The smallest absolute Gasteiger partial charge is 0.329 e. The molecule has 2 aromatic carbocycles. The van der Waals surface area contributed by atoms with Crippen molar-refractivity contribution in [2.24, 2.45) is 11.1 Å². The van der Waals surface area contributed by atoms with Crippen molar-refractivity contribution in [3.63, 3.8) is 0 Å². The molecule has 2 amide bonds. The first-order valence-electron chi connectivity index (χ1n) is 13.0. The van der Waals surface area contributed by atoms with Crippen LogP contribution in [-0.4, -0.2) is 36.0 Å². The lowest BCUT2D eigenvalue weighted by Crippen LogP contribution is -2.50. The van der Waals surface area contributed by atoms with E-state index in [1.807, 2.05) is 12.1 Å². The second-order valence-electron chi connectivity index (χ2n) is 10.9. The van der Waals surface area contributed by atoms with Crippen LogP contribution in [0, 0.1) is 5.41 Å². The molecular weight excluding hydrogens is 525 g/mol. The molecule has 9 heteroatoms. The monoisotopic (exact) mass is 561 g/mol. The summed E-state index contributed by atoms with van der Waals surface area (Å²) in [5.74, 6) is -0.973. The Kier molecular flexibility index (Phi) is 10.2. The fourth-order valence-electron chi connectivity index (χ4n) is 4.83. The van der Waals surface area contributed by atoms with Gasteiger partial charge in [0.15, 0.2) is 0 Å². The number of anilines is 1. The van der Waals surface area contributed by atoms with Crippen molar-refractivity contribution in [2.45, 2.75) is 77.4 Å². The molecule has 0 spiro atoms. The summed E-state index contributed by atoms with van der Waals surface area (Å²) in [5, 5.41) is 6.33. The van der Waals surface area contributed by atoms with Crippen LogP contribution in [0.3, 0.4) is 0 Å². The normalized spacial score (nSPS) is 15.5. The number of carbonyl (C=O) groups excluding carboxylic acids is 3. The summed E-state index contributed by atoms with van der Waals surface area (Å²) in [6.45, 7) is 5.84. The summed E-state index contributed by atoms with van der Waals surface area (Å²) in [6.07, 6.45) is 5.03. The van der Waals surface area contributed by atoms with Crippen LogP contribution < -0.4 is 16.4 Å². The van der Waals surface area contributed by atoms with Gasteiger partial charge in [0.2, 0.25) is 5.91 Å². The molecule has 3 rings (SSSR count). The van der Waals surface area contributed by atoms with Crippen molar-refractivity contribution in [2.75, 3.05) is 11.9 Å². The van der Waals surface area contributed by atoms with Crippen LogP contribution in [0.1, 0.15) is 75.2 Å². The third-order valence-corrected chi connectivity index (χ3v) is 7.42. The minimum atomic E-state index is -0.779. The summed E-state index contributed by atoms with van der Waals surface area (Å²) in [4.78, 5) is 39.0. The Balaban J connectivity index is 1.67. The summed E-state index contributed by atoms with van der Waals surface area (Å²) in [7, 11) is 0. The lowest BCUT2D eigenvalue weighted by Gasteiger charge is -2.30. The first kappa shape index (κ1) is 29.9. The molecule has 206 valence electrons. The number of amides is 2. The molecule has 0 aliphatic heterocycles. The van der Waals surface area contributed by atoms with E-state index in [9.17, 15) is 14.4 Å². The Labute approximate surface area is 234 Å². The molecular formula is C29H37Cl2N3O4. The number of benzene rings is 2. The molecule has 0 heterocycles. The van der Waals surface area contributed by atoms with Gasteiger partial charge in [-0.3, -0.25) is 9.59 Å². The zero-order chi connectivity index (χ0) is 27.9. The van der Waals surface area contributed by atoms with Crippen molar-refractivity contribution < 1.29 is 19.1 Å². The maximum Gasteiger partial charge on any atom is 0.329 e. The van der Waals surface area contributed by atoms with Crippen molar-refractivity contribution in [3.05, 3.63) is 63.6 Å². The van der Waals surface area contributed by atoms with E-state index in [2.05, 4.69) is 10.6 Å². The fourth-order valence-corrected chi connectivity index (χ4v) is 5.40. The van der Waals surface area contributed by atoms with Gasteiger partial charge in [-0.15, -0.1) is 0 Å². The summed E-state index contributed by atoms with van der Waals surface area (Å²) >= 11 is 12.3. The van der Waals surface area contributed by atoms with E-state index in [-0.39, 0.29) is 21.5 Å². The highest BCUT2D eigenvalue weighted by molar-refractivity contribution is 6.40. The highest BCUT2D eigenvalue weighted by Crippen LogP contribution is 2.41. The van der Waals surface area contributed by atoms with Crippen LogP contribution in [0.5, 0.6) is 0 Å². The number of aryl methyl sites for hydroxylation is 1. The first-order chi connectivity index (χ1) is 17.9. The summed E-state index contributed by atoms with van der Waals surface area (Å²) < 4.78 is 5.62. The van der Waals surface area contributed by atoms with Crippen LogP contribution in [0.25, 0.3) is 0 Å². The number of carbonyl (C=O) groups is 3. The topological polar surface area (TPSA) is 111 Å². The summed E-state index contributed by atoms with van der Waals surface area (Å²) in [6, 6.07) is 11.4. The number of hydrogen-bond donors (Lipinski definition) is 3. The molecule has 1 aliphatic carbocycles. The van der Waals surface area contributed by atoms with Crippen molar-refractivity contribution in [3.8, 4) is 0 Å². The number of halogens is 2. The molecule has 1 aliphatic rings. The number of esters is 1. The van der Waals surface area contributed by atoms with E-state index in [4.69, 9.17) is 33.7 Å². The molecule has 1 fully saturated rings. The van der Waals surface area contributed by atoms with Crippen molar-refractivity contribution in [1.29, 1.82) is 0 Å². The van der Waals surface area contributed by atoms with Crippen LogP contribution in [0.2, 0.25) is 10.0 Å². The minimum absolute atomic E-state index is 0.118. The fraction of sp³-hybridized carbons (Fsp3) is 0.483. The molecule has 4 N–H and O–H groups in total. The number of hydrogen-bond acceptors (Lipinski definition) is 5. The number of rotatable bonds is 10. The van der Waals surface area contributed by atoms with Gasteiger partial charge in [-0.25, -0.2) is 4.79 Å². The third-order valence-electron chi connectivity index (χ3n) is 6.79. The van der Waals surface area contributed by atoms with E-state index < -0.39 is 28.9 Å². The largest absolute Gasteiger partial charge is 0.458 e. The van der Waals surface area contributed by atoms with Gasteiger partial charge < -0.3 is 21.1 Å². The lowest BCUT2D eigenvalue weighted by atomic mass is 9.81. The van der Waals surface area contributed by atoms with E-state index in [0.29, 0.717) is 31.5 Å². The SMILES string of the molecule is CC(C)(C)OC(=O)[C@H](CCc1ccc(NC(=O)c2c(Cl)cccc2Cl)cc1)NC(=O)C1(CCN)CCCC1. The Bertz CT molecular complexity index is 1120. The highest BCUT2D eigenvalue weighted by atomic mass is 35.5. The Morgan fingerprint density at radius 3 is 2.18 bits per heavy atom. The lowest BCUT2D eigenvalue weighted by molar-refractivity contribution is -0.159. The molecule has 2 aromatic rings. The van der Waals surface area contributed by atoms with Crippen LogP contribution in [-0.2, 0) is 20.7 Å². The molecule has 0 aromatic heterocycles. The van der Waals surface area contributed by atoms with Crippen molar-refractivity contribution >= 4 is 46.7 Å². The van der Waals surface area contributed by atoms with Gasteiger partial charge in [-0.1, -0.05) is 54.2 Å². The second kappa shape index (κ2) is 13.0. The molecule has 0 radical (unpaired) electrons. The van der Waals surface area contributed by atoms with E-state index in [1.165, 1.54) is 0 Å². The van der Waals surface area contributed by atoms with Gasteiger partial charge in [-0.05, 0) is 89.2 Å². The zero-order valence-corrected chi connectivity index (χ0v) is 23.8. The predicted octanol–water partition coefficient (Wildman–Crippen LogP) is 5.91. The number of nitrogens with two attached hydrogens (primary N) is 1. The number of ether oxygens (including phenoxy) is 1. The minimum Gasteiger partial charge on any atom is -0.458 e. The zero-order valence-electron chi connectivity index (χ0n) is 22.2. The number of nitrogens with one attached hydrogen (secondary N) is 2. The molecule has 0 unspecified atom stereocenters. The standard InChI is InChI=1S/C29H37Cl2N3O4/c1-28(2,3)38-26(36)23(34-27(37)29(17-18-32)15-4-5-16-29)14-11-19-9-12-20(13-10-19)33-25(35)24-21(30)7-6-8-22(24)31/h6-10,12-13,23H,4-5,11,14-18,32H2,1-3H3,(H,33,35)(H,34,37)/t23-/m0/s1. The van der Waals surface area contributed by atoms with E-state index in [0.717, 1.165) is 31.2 Å². The van der Waals surface area contributed by atoms with Crippen molar-refractivity contribution in [1.82, 2.24) is 5.32 Å². The van der Waals surface area contributed by atoms with Crippen LogP contribution in [0.15, 0.2) is 42.5 Å². The molecule has 7 nitrogen and oxygen atoms in total. The Morgan fingerprint density at radius 2 is 1.63 bits per heavy atom. The summed E-state index contributed by atoms with van der Waals surface area (Å²) in [5.41, 5.74) is 6.37. The van der Waals surface area contributed by atoms with Crippen LogP contribution >= 0.6 is 23.2 Å². The Hall–Kier alpha value is -2.61. The molecule has 1 atom stereocenters. The van der Waals surface area contributed by atoms with E-state index >= 15 is 0 Å². The van der Waals surface area contributed by atoms with Gasteiger partial charge >= 0.3 is 5.97 Å². The molecule has 0 saturated heterocycles. The quantitative estimate of drug-likeness (QED) is 0.312. The molecule has 1 saturated carbocycles. The molecule has 38 heavy (non-hydrogen) atoms. The second-order valence-corrected chi connectivity index (χ2v) is 11.7. The van der Waals surface area contributed by atoms with Gasteiger partial charge in [0, 0.05) is 5.69 Å². The van der Waals surface area contributed by atoms with Crippen LogP contribution in [0.4, 0.5) is 5.69 Å². The average molecular weight is 563 g/mol. The van der Waals surface area contributed by atoms with Gasteiger partial charge in [0.25, 0.3) is 5.91 Å². The maximum absolute atomic E-state index is 13.3. The van der Waals surface area contributed by atoms with Gasteiger partial charge in [0.1, 0.15) is 11.6 Å². The molecule has 0 bridgehead atoms. The van der Waals surface area contributed by atoms with Gasteiger partial charge in [0.05, 0.1) is 21.0 Å². The van der Waals surface area contributed by atoms with Gasteiger partial charge in [-0.2, -0.15) is 0 Å². The first-order valence-corrected chi connectivity index (χ1v) is 13.8. The maximum atomic E-state index is 13.3. The Morgan fingerprint density at radius 1 is 1.03 bits per heavy atom.